The van der Waals surface area contributed by atoms with Crippen molar-refractivity contribution in [1.29, 1.82) is 0 Å². The number of hydrogen-bond donors (Lipinski definition) is 1. The summed E-state index contributed by atoms with van der Waals surface area (Å²) in [4.78, 5) is 15.4. The van der Waals surface area contributed by atoms with Crippen LogP contribution in [0.2, 0.25) is 0 Å². The average molecular weight is 405 g/mol. The third-order valence-electron chi connectivity index (χ3n) is 5.21. The summed E-state index contributed by atoms with van der Waals surface area (Å²) in [5.74, 6) is -0.483. The second-order valence-electron chi connectivity index (χ2n) is 7.02. The van der Waals surface area contributed by atoms with E-state index in [1.165, 1.54) is 0 Å². The number of halogens is 1. The molecular weight excluding hydrogens is 374 g/mol. The number of carbonyl (C=O) groups excluding carboxylic acids is 1. The van der Waals surface area contributed by atoms with E-state index in [0.717, 1.165) is 19.6 Å². The summed E-state index contributed by atoms with van der Waals surface area (Å²) in [6.07, 6.45) is -0.308. The molecule has 28 heavy (non-hydrogen) atoms. The monoisotopic (exact) mass is 404 g/mol. The standard InChI is InChI=1S/C23H31NO3.ClH/c1-5-24(6-2)17-18(3)19(4)27-22(25)23(26,20-13-9-7-10-14-20)21-15-11-8-12-16-21;/h7-16,18-19,26H,5-6,17H2,1-4H3;1H/p-1. The summed E-state index contributed by atoms with van der Waals surface area (Å²) < 4.78 is 5.76. The van der Waals surface area contributed by atoms with Crippen molar-refractivity contribution in [2.45, 2.75) is 39.4 Å². The molecule has 0 bridgehead atoms. The lowest BCUT2D eigenvalue weighted by atomic mass is 9.86. The van der Waals surface area contributed by atoms with Crippen molar-refractivity contribution in [1.82, 2.24) is 4.90 Å². The van der Waals surface area contributed by atoms with Crippen LogP contribution in [0.15, 0.2) is 60.7 Å². The molecule has 0 aliphatic carbocycles. The van der Waals surface area contributed by atoms with Crippen LogP contribution in [0, 0.1) is 5.92 Å². The van der Waals surface area contributed by atoms with E-state index in [0.29, 0.717) is 11.1 Å². The summed E-state index contributed by atoms with van der Waals surface area (Å²) in [7, 11) is 0. The number of hydrogen-bond acceptors (Lipinski definition) is 4. The van der Waals surface area contributed by atoms with Crippen molar-refractivity contribution < 1.29 is 27.0 Å². The van der Waals surface area contributed by atoms with E-state index in [1.54, 1.807) is 24.3 Å². The number of aliphatic hydroxyl groups is 1. The fourth-order valence-electron chi connectivity index (χ4n) is 3.17. The maximum absolute atomic E-state index is 13.1. The van der Waals surface area contributed by atoms with Crippen molar-refractivity contribution >= 4 is 5.97 Å². The maximum Gasteiger partial charge on any atom is 0.347 e. The number of carbonyl (C=O) groups is 1. The number of esters is 1. The molecule has 2 unspecified atom stereocenters. The first kappa shape index (κ1) is 24.2. The molecule has 0 amide bonds. The Balaban J connectivity index is 0.00000392. The van der Waals surface area contributed by atoms with Gasteiger partial charge in [-0.1, -0.05) is 81.4 Å². The predicted molar refractivity (Wildman–Crippen MR) is 108 cm³/mol. The molecule has 0 fully saturated rings. The van der Waals surface area contributed by atoms with E-state index in [9.17, 15) is 9.90 Å². The SMILES string of the molecule is CCN(CC)CC(C)C(C)OC(=O)C(O)(c1ccccc1)c1ccccc1.[Cl-]. The zero-order valence-electron chi connectivity index (χ0n) is 17.1. The minimum Gasteiger partial charge on any atom is -1.00 e. The van der Waals surface area contributed by atoms with Gasteiger partial charge < -0.3 is 27.2 Å². The Morgan fingerprint density at radius 2 is 1.39 bits per heavy atom. The molecule has 0 spiro atoms. The minimum atomic E-state index is -1.83. The van der Waals surface area contributed by atoms with E-state index in [1.807, 2.05) is 43.3 Å². The largest absolute Gasteiger partial charge is 1.00 e. The molecule has 0 heterocycles. The van der Waals surface area contributed by atoms with E-state index in [4.69, 9.17) is 4.74 Å². The zero-order valence-corrected chi connectivity index (χ0v) is 17.9. The van der Waals surface area contributed by atoms with Crippen LogP contribution in [0.25, 0.3) is 0 Å². The van der Waals surface area contributed by atoms with Crippen LogP contribution >= 0.6 is 0 Å². The minimum absolute atomic E-state index is 0. The normalized spacial score (nSPS) is 13.5. The molecule has 154 valence electrons. The molecule has 2 aromatic rings. The van der Waals surface area contributed by atoms with Gasteiger partial charge in [0.2, 0.25) is 5.60 Å². The van der Waals surface area contributed by atoms with Crippen LogP contribution in [-0.4, -0.2) is 41.7 Å². The first-order valence-electron chi connectivity index (χ1n) is 9.70. The van der Waals surface area contributed by atoms with Gasteiger partial charge in [-0.3, -0.25) is 0 Å². The maximum atomic E-state index is 13.1. The van der Waals surface area contributed by atoms with Crippen LogP contribution in [0.1, 0.15) is 38.8 Å². The first-order valence-corrected chi connectivity index (χ1v) is 9.70. The van der Waals surface area contributed by atoms with Gasteiger partial charge in [-0.25, -0.2) is 4.79 Å². The van der Waals surface area contributed by atoms with Crippen LogP contribution in [0.4, 0.5) is 0 Å². The smallest absolute Gasteiger partial charge is 0.347 e. The molecule has 0 aliphatic rings. The lowest BCUT2D eigenvalue weighted by molar-refractivity contribution is -0.169. The van der Waals surface area contributed by atoms with Crippen molar-refractivity contribution in [2.75, 3.05) is 19.6 Å². The zero-order chi connectivity index (χ0) is 19.9. The van der Waals surface area contributed by atoms with Gasteiger partial charge in [0.25, 0.3) is 0 Å². The summed E-state index contributed by atoms with van der Waals surface area (Å²) in [5, 5.41) is 11.4. The van der Waals surface area contributed by atoms with Gasteiger partial charge in [-0.2, -0.15) is 0 Å². The average Bonchev–Trinajstić information content (AvgIpc) is 2.72. The fraction of sp³-hybridized carbons (Fsp3) is 0.435. The quantitative estimate of drug-likeness (QED) is 0.629. The molecule has 0 aromatic heterocycles. The van der Waals surface area contributed by atoms with Gasteiger partial charge >= 0.3 is 5.97 Å². The van der Waals surface area contributed by atoms with E-state index in [2.05, 4.69) is 25.7 Å². The molecule has 5 heteroatoms. The van der Waals surface area contributed by atoms with Gasteiger partial charge in [0.15, 0.2) is 0 Å². The van der Waals surface area contributed by atoms with Crippen LogP contribution < -0.4 is 12.4 Å². The fourth-order valence-corrected chi connectivity index (χ4v) is 3.17. The predicted octanol–water partition coefficient (Wildman–Crippen LogP) is 0.836. The molecule has 2 atom stereocenters. The highest BCUT2D eigenvalue weighted by atomic mass is 35.5. The molecule has 0 saturated heterocycles. The van der Waals surface area contributed by atoms with Gasteiger partial charge in [0.05, 0.1) is 0 Å². The first-order chi connectivity index (χ1) is 12.9. The van der Waals surface area contributed by atoms with E-state index < -0.39 is 11.6 Å². The van der Waals surface area contributed by atoms with Gasteiger partial charge in [-0.15, -0.1) is 0 Å². The molecule has 2 aromatic carbocycles. The van der Waals surface area contributed by atoms with Crippen molar-refractivity contribution in [2.24, 2.45) is 5.92 Å². The molecule has 4 nitrogen and oxygen atoms in total. The van der Waals surface area contributed by atoms with Gasteiger partial charge in [-0.05, 0) is 31.1 Å². The molecule has 0 aliphatic heterocycles. The number of nitrogens with zero attached hydrogens (tertiary/aromatic N) is 1. The van der Waals surface area contributed by atoms with Crippen LogP contribution in [0.3, 0.4) is 0 Å². The number of ether oxygens (including phenoxy) is 1. The molecular formula is C23H31ClNO3-. The van der Waals surface area contributed by atoms with Crippen LogP contribution in [-0.2, 0) is 15.1 Å². The van der Waals surface area contributed by atoms with Crippen molar-refractivity contribution in [3.63, 3.8) is 0 Å². The second-order valence-corrected chi connectivity index (χ2v) is 7.02. The lowest BCUT2D eigenvalue weighted by Gasteiger charge is -2.31. The van der Waals surface area contributed by atoms with Gasteiger partial charge in [0, 0.05) is 12.5 Å². The molecule has 0 saturated carbocycles. The van der Waals surface area contributed by atoms with Crippen molar-refractivity contribution in [3.8, 4) is 0 Å². The summed E-state index contributed by atoms with van der Waals surface area (Å²) in [5.41, 5.74) is -0.819. The summed E-state index contributed by atoms with van der Waals surface area (Å²) >= 11 is 0. The third-order valence-corrected chi connectivity index (χ3v) is 5.21. The molecule has 2 rings (SSSR count). The number of rotatable bonds is 9. The highest BCUT2D eigenvalue weighted by Crippen LogP contribution is 2.32. The second kappa shape index (κ2) is 11.2. The Morgan fingerprint density at radius 3 is 1.79 bits per heavy atom. The summed E-state index contributed by atoms with van der Waals surface area (Å²) in [6.45, 7) is 11.0. The summed E-state index contributed by atoms with van der Waals surface area (Å²) in [6, 6.07) is 17.9. The topological polar surface area (TPSA) is 49.8 Å². The lowest BCUT2D eigenvalue weighted by Crippen LogP contribution is -3.00. The third kappa shape index (κ3) is 5.57. The number of benzene rings is 2. The Hall–Kier alpha value is -1.88. The van der Waals surface area contributed by atoms with Crippen molar-refractivity contribution in [3.05, 3.63) is 71.8 Å². The Bertz CT molecular complexity index is 665. The highest BCUT2D eigenvalue weighted by Gasteiger charge is 2.42. The van der Waals surface area contributed by atoms with Crippen LogP contribution in [0.5, 0.6) is 0 Å². The van der Waals surface area contributed by atoms with E-state index >= 15 is 0 Å². The Morgan fingerprint density at radius 1 is 0.964 bits per heavy atom. The Labute approximate surface area is 174 Å². The molecule has 1 N–H and O–H groups in total. The highest BCUT2D eigenvalue weighted by molar-refractivity contribution is 5.85. The van der Waals surface area contributed by atoms with E-state index in [-0.39, 0.29) is 24.4 Å². The Kier molecular flexibility index (Phi) is 9.66. The van der Waals surface area contributed by atoms with Gasteiger partial charge in [0.1, 0.15) is 6.10 Å². The molecule has 0 radical (unpaired) electrons.